The van der Waals surface area contributed by atoms with Crippen molar-refractivity contribution < 1.29 is 13.3 Å². The number of sulfone groups is 1. The Morgan fingerprint density at radius 2 is 1.90 bits per heavy atom. The average Bonchev–Trinajstić information content (AvgIpc) is 2.43. The highest BCUT2D eigenvalue weighted by atomic mass is 32.2. The summed E-state index contributed by atoms with van der Waals surface area (Å²) in [5, 5.41) is 10.5. The summed E-state index contributed by atoms with van der Waals surface area (Å²) in [6.45, 7) is 4.07. The molecule has 6 heteroatoms. The molecule has 0 aliphatic rings. The van der Waals surface area contributed by atoms with E-state index in [-0.39, 0.29) is 16.3 Å². The second kappa shape index (κ2) is 7.19. The maximum Gasteiger partial charge on any atom is 0.269 e. The van der Waals surface area contributed by atoms with Crippen LogP contribution >= 0.6 is 0 Å². The van der Waals surface area contributed by atoms with Crippen molar-refractivity contribution in [1.82, 2.24) is 0 Å². The van der Waals surface area contributed by atoms with Gasteiger partial charge in [-0.1, -0.05) is 18.6 Å². The van der Waals surface area contributed by atoms with Crippen molar-refractivity contribution >= 4 is 15.5 Å². The van der Waals surface area contributed by atoms with Crippen LogP contribution in [0.4, 0.5) is 5.69 Å². The van der Waals surface area contributed by atoms with E-state index in [1.807, 2.05) is 13.0 Å². The molecule has 0 aliphatic carbocycles. The number of unbranched alkanes of at least 4 members (excludes halogenated alkanes) is 1. The van der Waals surface area contributed by atoms with E-state index in [0.29, 0.717) is 6.42 Å². The predicted octanol–water partition coefficient (Wildman–Crippen LogP) is 3.51. The Kier molecular flexibility index (Phi) is 5.88. The smallest absolute Gasteiger partial charge is 0.258 e. The van der Waals surface area contributed by atoms with E-state index in [0.717, 1.165) is 12.8 Å². The predicted molar refractivity (Wildman–Crippen MR) is 78.4 cm³/mol. The largest absolute Gasteiger partial charge is 0.269 e. The molecule has 1 aromatic rings. The van der Waals surface area contributed by atoms with E-state index in [2.05, 4.69) is 6.92 Å². The maximum atomic E-state index is 12.0. The van der Waals surface area contributed by atoms with Gasteiger partial charge in [0.05, 0.1) is 15.6 Å². The van der Waals surface area contributed by atoms with Gasteiger partial charge in [-0.05, 0) is 38.3 Å². The van der Waals surface area contributed by atoms with Gasteiger partial charge in [-0.2, -0.15) is 0 Å². The van der Waals surface area contributed by atoms with Gasteiger partial charge >= 0.3 is 0 Å². The van der Waals surface area contributed by atoms with Crippen LogP contribution in [-0.2, 0) is 9.84 Å². The monoisotopic (exact) mass is 297 g/mol. The lowest BCUT2D eigenvalue weighted by atomic mass is 10.2. The number of hydrogen-bond donors (Lipinski definition) is 0. The molecule has 0 saturated carbocycles. The Bertz CT molecular complexity index is 588. The average molecular weight is 297 g/mol. The highest BCUT2D eigenvalue weighted by Gasteiger charge is 2.15. The van der Waals surface area contributed by atoms with E-state index >= 15 is 0 Å². The Labute approximate surface area is 119 Å². The molecule has 0 unspecified atom stereocenters. The number of nitro benzene ring substituents is 1. The molecule has 0 radical (unpaired) electrons. The van der Waals surface area contributed by atoms with Gasteiger partial charge in [-0.3, -0.25) is 10.1 Å². The standard InChI is InChI=1S/C14H19NO4S/c1-3-12(2)6-4-5-11-20(18,19)14-9-7-13(8-10-14)15(16)17/h6-10H,3-5,11H2,1-2H3. The van der Waals surface area contributed by atoms with Crippen molar-refractivity contribution in [2.45, 2.75) is 38.0 Å². The number of rotatable bonds is 7. The van der Waals surface area contributed by atoms with Crippen LogP contribution in [0.1, 0.15) is 33.1 Å². The molecule has 1 rings (SSSR count). The normalized spacial score (nSPS) is 12.4. The summed E-state index contributed by atoms with van der Waals surface area (Å²) in [6, 6.07) is 5.02. The molecule has 0 saturated heterocycles. The number of non-ortho nitro benzene ring substituents is 1. The molecule has 5 nitrogen and oxygen atoms in total. The van der Waals surface area contributed by atoms with E-state index in [1.54, 1.807) is 0 Å². The Morgan fingerprint density at radius 1 is 1.30 bits per heavy atom. The molecule has 1 aromatic carbocycles. The molecule has 0 atom stereocenters. The molecule has 20 heavy (non-hydrogen) atoms. The molecular formula is C14H19NO4S. The third-order valence-corrected chi connectivity index (χ3v) is 4.89. The van der Waals surface area contributed by atoms with Crippen LogP contribution < -0.4 is 0 Å². The molecule has 0 spiro atoms. The lowest BCUT2D eigenvalue weighted by molar-refractivity contribution is -0.384. The van der Waals surface area contributed by atoms with E-state index in [1.165, 1.54) is 29.8 Å². The fraction of sp³-hybridized carbons (Fsp3) is 0.429. The van der Waals surface area contributed by atoms with Gasteiger partial charge in [0.25, 0.3) is 5.69 Å². The van der Waals surface area contributed by atoms with Crippen LogP contribution in [0.25, 0.3) is 0 Å². The number of benzene rings is 1. The summed E-state index contributed by atoms with van der Waals surface area (Å²) < 4.78 is 24.1. The van der Waals surface area contributed by atoms with Crippen molar-refractivity contribution in [3.05, 3.63) is 46.0 Å². The molecule has 0 aliphatic heterocycles. The number of allylic oxidation sites excluding steroid dienone is 2. The third kappa shape index (κ3) is 4.77. The molecule has 0 aromatic heterocycles. The van der Waals surface area contributed by atoms with E-state index in [4.69, 9.17) is 0 Å². The minimum absolute atomic E-state index is 0.0539. The second-order valence-electron chi connectivity index (χ2n) is 4.62. The molecule has 0 fully saturated rings. The second-order valence-corrected chi connectivity index (χ2v) is 6.73. The minimum atomic E-state index is -3.36. The van der Waals surface area contributed by atoms with Gasteiger partial charge in [0.2, 0.25) is 0 Å². The van der Waals surface area contributed by atoms with E-state index in [9.17, 15) is 18.5 Å². The van der Waals surface area contributed by atoms with Crippen molar-refractivity contribution in [3.8, 4) is 0 Å². The third-order valence-electron chi connectivity index (χ3n) is 3.07. The molecule has 0 amide bonds. The van der Waals surface area contributed by atoms with Crippen LogP contribution in [-0.4, -0.2) is 19.1 Å². The summed E-state index contributed by atoms with van der Waals surface area (Å²) >= 11 is 0. The lowest BCUT2D eigenvalue weighted by Crippen LogP contribution is -2.06. The minimum Gasteiger partial charge on any atom is -0.258 e. The maximum absolute atomic E-state index is 12.0. The fourth-order valence-electron chi connectivity index (χ4n) is 1.66. The van der Waals surface area contributed by atoms with Crippen LogP contribution in [0.3, 0.4) is 0 Å². The first kappa shape index (κ1) is 16.4. The van der Waals surface area contributed by atoms with Crippen molar-refractivity contribution in [3.63, 3.8) is 0 Å². The SMILES string of the molecule is CCC(C)=CCCCS(=O)(=O)c1ccc([N+](=O)[O-])cc1. The number of hydrogen-bond acceptors (Lipinski definition) is 4. The summed E-state index contributed by atoms with van der Waals surface area (Å²) in [6.07, 6.45) is 4.29. The zero-order valence-electron chi connectivity index (χ0n) is 11.7. The first-order valence-electron chi connectivity index (χ1n) is 6.49. The Hall–Kier alpha value is -1.69. The van der Waals surface area contributed by atoms with Gasteiger partial charge in [-0.25, -0.2) is 8.42 Å². The number of nitro groups is 1. The molecular weight excluding hydrogens is 278 g/mol. The van der Waals surface area contributed by atoms with Gasteiger partial charge in [0.1, 0.15) is 0 Å². The molecule has 110 valence electrons. The Balaban J connectivity index is 2.67. The number of nitrogens with zero attached hydrogens (tertiary/aromatic N) is 1. The van der Waals surface area contributed by atoms with Crippen LogP contribution in [0.2, 0.25) is 0 Å². The topological polar surface area (TPSA) is 77.3 Å². The highest BCUT2D eigenvalue weighted by molar-refractivity contribution is 7.91. The van der Waals surface area contributed by atoms with Crippen molar-refractivity contribution in [1.29, 1.82) is 0 Å². The first-order chi connectivity index (χ1) is 9.36. The van der Waals surface area contributed by atoms with Crippen molar-refractivity contribution in [2.75, 3.05) is 5.75 Å². The molecule has 0 heterocycles. The summed E-state index contributed by atoms with van der Waals surface area (Å²) in [4.78, 5) is 10.1. The van der Waals surface area contributed by atoms with Gasteiger partial charge in [-0.15, -0.1) is 0 Å². The fourth-order valence-corrected chi connectivity index (χ4v) is 2.99. The van der Waals surface area contributed by atoms with Gasteiger partial charge in [0, 0.05) is 12.1 Å². The quantitative estimate of drug-likeness (QED) is 0.334. The van der Waals surface area contributed by atoms with Crippen LogP contribution in [0, 0.1) is 10.1 Å². The van der Waals surface area contributed by atoms with E-state index < -0.39 is 14.8 Å². The first-order valence-corrected chi connectivity index (χ1v) is 8.15. The van der Waals surface area contributed by atoms with Gasteiger partial charge < -0.3 is 0 Å². The van der Waals surface area contributed by atoms with Crippen LogP contribution in [0.5, 0.6) is 0 Å². The molecule has 0 N–H and O–H groups in total. The van der Waals surface area contributed by atoms with Crippen LogP contribution in [0.15, 0.2) is 40.8 Å². The van der Waals surface area contributed by atoms with Gasteiger partial charge in [0.15, 0.2) is 9.84 Å². The summed E-state index contributed by atoms with van der Waals surface area (Å²) in [7, 11) is -3.36. The summed E-state index contributed by atoms with van der Waals surface area (Å²) in [5.41, 5.74) is 1.14. The highest BCUT2D eigenvalue weighted by Crippen LogP contribution is 2.18. The lowest BCUT2D eigenvalue weighted by Gasteiger charge is -2.03. The Morgan fingerprint density at radius 3 is 2.40 bits per heavy atom. The van der Waals surface area contributed by atoms with Crippen molar-refractivity contribution in [2.24, 2.45) is 0 Å². The molecule has 0 bridgehead atoms. The summed E-state index contributed by atoms with van der Waals surface area (Å²) in [5.74, 6) is 0.0539. The zero-order valence-corrected chi connectivity index (χ0v) is 12.5. The zero-order chi connectivity index (χ0) is 15.2.